The summed E-state index contributed by atoms with van der Waals surface area (Å²) in [5.74, 6) is 0.109. The third kappa shape index (κ3) is 1.65. The Bertz CT molecular complexity index is 488. The number of benzene rings is 1. The maximum absolute atomic E-state index is 14.0. The fraction of sp³-hybridized carbons (Fsp3) is 0.385. The molecule has 0 saturated carbocycles. The molecule has 1 aromatic heterocycles. The van der Waals surface area contributed by atoms with Crippen molar-refractivity contribution in [1.29, 1.82) is 0 Å². The lowest BCUT2D eigenvalue weighted by molar-refractivity contribution is 0.605. The summed E-state index contributed by atoms with van der Waals surface area (Å²) in [6.07, 6.45) is 0.942. The second kappa shape index (κ2) is 3.69. The molecule has 82 valence electrons. The van der Waals surface area contributed by atoms with Gasteiger partial charge in [-0.2, -0.15) is 0 Å². The molecule has 0 radical (unpaired) electrons. The van der Waals surface area contributed by atoms with Gasteiger partial charge in [-0.15, -0.1) is 0 Å². The Morgan fingerprint density at radius 2 is 2.13 bits per heavy atom. The fourth-order valence-electron chi connectivity index (χ4n) is 1.84. The molecule has 1 nitrogen and oxygen atoms in total. The van der Waals surface area contributed by atoms with Crippen molar-refractivity contribution in [1.82, 2.24) is 4.98 Å². The normalized spacial score (nSPS) is 11.5. The summed E-state index contributed by atoms with van der Waals surface area (Å²) >= 11 is 0. The number of nitrogens with one attached hydrogen (secondary N) is 1. The number of aryl methyl sites for hydroxylation is 1. The highest BCUT2D eigenvalue weighted by Gasteiger charge is 2.13. The van der Waals surface area contributed by atoms with Crippen molar-refractivity contribution < 1.29 is 5.82 Å². The predicted octanol–water partition coefficient (Wildman–Crippen LogP) is 4.24. The van der Waals surface area contributed by atoms with Crippen LogP contribution in [0.4, 0.5) is 4.39 Å². The molecule has 2 heteroatoms. The second-order valence-corrected chi connectivity index (χ2v) is 4.24. The largest absolute Gasteiger partial charge is 0.356 e. The van der Waals surface area contributed by atoms with Crippen LogP contribution >= 0.6 is 0 Å². The first-order valence-corrected chi connectivity index (χ1v) is 5.43. The predicted molar refractivity (Wildman–Crippen MR) is 63.8 cm³/mol. The van der Waals surface area contributed by atoms with Crippen LogP contribution < -0.4 is 0 Å². The second-order valence-electron chi connectivity index (χ2n) is 4.24. The molecule has 1 aromatic carbocycles. The molecular weight excluding hydrogens is 189 g/mol. The molecule has 1 heterocycles. The minimum Gasteiger partial charge on any atom is -0.356 e. The quantitative estimate of drug-likeness (QED) is 0.758. The van der Waals surface area contributed by atoms with Crippen LogP contribution in [0.15, 0.2) is 18.2 Å². The molecule has 0 aliphatic heterocycles. The molecule has 2 aromatic rings. The molecule has 0 bridgehead atoms. The number of aromatic amines is 1. The molecular formula is C13H18FN. The van der Waals surface area contributed by atoms with Crippen molar-refractivity contribution in [3.63, 3.8) is 0 Å². The number of aromatic nitrogens is 1. The number of hydrogen-bond acceptors (Lipinski definition) is 0. The van der Waals surface area contributed by atoms with Crippen LogP contribution in [0.3, 0.4) is 0 Å². The number of H-pyrrole nitrogens is 1. The van der Waals surface area contributed by atoms with Gasteiger partial charge in [0.05, 0.1) is 5.69 Å². The third-order valence-corrected chi connectivity index (χ3v) is 2.81. The van der Waals surface area contributed by atoms with Crippen LogP contribution in [-0.2, 0) is 6.42 Å². The lowest BCUT2D eigenvalue weighted by atomic mass is 10.1. The van der Waals surface area contributed by atoms with Crippen LogP contribution in [0.25, 0.3) is 10.9 Å². The van der Waals surface area contributed by atoms with E-state index in [1.807, 2.05) is 32.0 Å². The number of hydrogen-bond donors (Lipinski definition) is 1. The Morgan fingerprint density at radius 3 is 2.73 bits per heavy atom. The molecule has 0 aliphatic rings. The summed E-state index contributed by atoms with van der Waals surface area (Å²) in [6.45, 7) is 6.07. The Morgan fingerprint density at radius 1 is 1.40 bits per heavy atom. The summed E-state index contributed by atoms with van der Waals surface area (Å²) in [4.78, 5) is 3.14. The Kier molecular flexibility index (Phi) is 2.51. The number of halogens is 1. The van der Waals surface area contributed by atoms with Crippen molar-refractivity contribution >= 4 is 10.9 Å². The topological polar surface area (TPSA) is 15.8 Å². The van der Waals surface area contributed by atoms with E-state index in [1.165, 1.54) is 5.56 Å². The highest BCUT2D eigenvalue weighted by molar-refractivity contribution is 5.82. The van der Waals surface area contributed by atoms with Crippen molar-refractivity contribution in [3.05, 3.63) is 35.3 Å². The number of fused-ring (bicyclic) bond motifs is 1. The van der Waals surface area contributed by atoms with E-state index in [2.05, 4.69) is 11.9 Å². The summed E-state index contributed by atoms with van der Waals surface area (Å²) in [6, 6.07) is 5.94. The monoisotopic (exact) mass is 207 g/mol. The number of rotatable bonds is 2. The zero-order valence-corrected chi connectivity index (χ0v) is 9.39. The van der Waals surface area contributed by atoms with E-state index in [-0.39, 0.29) is 13.2 Å². The third-order valence-electron chi connectivity index (χ3n) is 2.81. The van der Waals surface area contributed by atoms with Gasteiger partial charge >= 0.3 is 0 Å². The van der Waals surface area contributed by atoms with Gasteiger partial charge in [-0.1, -0.05) is 26.8 Å². The van der Waals surface area contributed by atoms with E-state index < -0.39 is 0 Å². The molecule has 2 rings (SSSR count). The van der Waals surface area contributed by atoms with Crippen LogP contribution in [0, 0.1) is 5.82 Å². The summed E-state index contributed by atoms with van der Waals surface area (Å²) < 4.78 is 14.0. The highest BCUT2D eigenvalue weighted by Crippen LogP contribution is 2.26. The molecule has 1 N–H and O–H groups in total. The fourth-order valence-corrected chi connectivity index (χ4v) is 1.84. The first-order valence-electron chi connectivity index (χ1n) is 5.43. The Hall–Kier alpha value is -1.31. The van der Waals surface area contributed by atoms with E-state index in [0.717, 1.165) is 17.3 Å². The molecule has 0 atom stereocenters. The van der Waals surface area contributed by atoms with Gasteiger partial charge in [0.1, 0.15) is 0 Å². The molecule has 0 spiro atoms. The van der Waals surface area contributed by atoms with Gasteiger partial charge in [-0.05, 0) is 30.0 Å². The molecule has 0 fully saturated rings. The lowest BCUT2D eigenvalue weighted by Crippen LogP contribution is -1.89. The van der Waals surface area contributed by atoms with Gasteiger partial charge in [0.25, 0.3) is 0 Å². The molecule has 15 heavy (non-hydrogen) atoms. The zero-order chi connectivity index (χ0) is 11.0. The first-order chi connectivity index (χ1) is 7.13. The van der Waals surface area contributed by atoms with Crippen molar-refractivity contribution in [2.24, 2.45) is 0 Å². The maximum Gasteiger partial charge on any atom is 0.151 e. The standard InChI is InChI=1S/C13H16FN.H2/c1-4-9-5-6-11-10(7-9)12(14)13(15-11)8(2)3;/h5-8,15H,4H2,1-3H3;1H. The first kappa shape index (κ1) is 10.2. The summed E-state index contributed by atoms with van der Waals surface area (Å²) in [5, 5.41) is 0.720. The minimum absolute atomic E-state index is 0. The van der Waals surface area contributed by atoms with Crippen LogP contribution in [0.1, 0.15) is 39.4 Å². The summed E-state index contributed by atoms with van der Waals surface area (Å²) in [5.41, 5.74) is 2.78. The van der Waals surface area contributed by atoms with Crippen LogP contribution in [-0.4, -0.2) is 4.98 Å². The Labute approximate surface area is 90.8 Å². The molecule has 0 unspecified atom stereocenters. The average molecular weight is 207 g/mol. The van der Waals surface area contributed by atoms with E-state index in [1.54, 1.807) is 0 Å². The molecule has 0 saturated heterocycles. The maximum atomic E-state index is 14.0. The van der Waals surface area contributed by atoms with E-state index in [4.69, 9.17) is 0 Å². The van der Waals surface area contributed by atoms with E-state index in [9.17, 15) is 4.39 Å². The van der Waals surface area contributed by atoms with Crippen LogP contribution in [0.5, 0.6) is 0 Å². The highest BCUT2D eigenvalue weighted by atomic mass is 19.1. The van der Waals surface area contributed by atoms with Crippen molar-refractivity contribution in [2.45, 2.75) is 33.1 Å². The average Bonchev–Trinajstić information content (AvgIpc) is 2.56. The van der Waals surface area contributed by atoms with Gasteiger partial charge in [0.2, 0.25) is 0 Å². The molecule has 0 amide bonds. The summed E-state index contributed by atoms with van der Waals surface area (Å²) in [7, 11) is 0. The zero-order valence-electron chi connectivity index (χ0n) is 9.39. The van der Waals surface area contributed by atoms with Crippen LogP contribution in [0.2, 0.25) is 0 Å². The van der Waals surface area contributed by atoms with Crippen molar-refractivity contribution in [2.75, 3.05) is 0 Å². The Balaban J connectivity index is 0.00000128. The van der Waals surface area contributed by atoms with Gasteiger partial charge in [0.15, 0.2) is 5.82 Å². The van der Waals surface area contributed by atoms with Gasteiger partial charge in [0, 0.05) is 12.3 Å². The van der Waals surface area contributed by atoms with Gasteiger partial charge in [-0.3, -0.25) is 0 Å². The van der Waals surface area contributed by atoms with Gasteiger partial charge in [-0.25, -0.2) is 4.39 Å². The van der Waals surface area contributed by atoms with E-state index >= 15 is 0 Å². The van der Waals surface area contributed by atoms with Gasteiger partial charge < -0.3 is 4.98 Å². The van der Waals surface area contributed by atoms with E-state index in [0.29, 0.717) is 5.69 Å². The lowest BCUT2D eigenvalue weighted by Gasteiger charge is -1.99. The SMILES string of the molecule is CCc1ccc2[nH]c(C(C)C)c(F)c2c1.[HH]. The molecule has 0 aliphatic carbocycles. The smallest absolute Gasteiger partial charge is 0.151 e. The minimum atomic E-state index is -0.0877. The van der Waals surface area contributed by atoms with Crippen molar-refractivity contribution in [3.8, 4) is 0 Å².